The van der Waals surface area contributed by atoms with Crippen molar-refractivity contribution in [3.63, 3.8) is 0 Å². The summed E-state index contributed by atoms with van der Waals surface area (Å²) in [6.45, 7) is 7.31. The van der Waals surface area contributed by atoms with E-state index < -0.39 is 5.91 Å². The van der Waals surface area contributed by atoms with Gasteiger partial charge in [0.2, 0.25) is 0 Å². The summed E-state index contributed by atoms with van der Waals surface area (Å²) in [6, 6.07) is 6.59. The molecule has 3 heterocycles. The molecule has 2 aromatic rings. The highest BCUT2D eigenvalue weighted by molar-refractivity contribution is 6.32. The number of nitrogen functional groups attached to an aromatic ring is 1. The third-order valence-electron chi connectivity index (χ3n) is 7.53. The molecule has 5 N–H and O–H groups in total. The largest absolute Gasteiger partial charge is 0.395 e. The van der Waals surface area contributed by atoms with Gasteiger partial charge in [-0.25, -0.2) is 9.97 Å². The Morgan fingerprint density at radius 2 is 1.89 bits per heavy atom. The number of piperidine rings is 1. The first-order valence-corrected chi connectivity index (χ1v) is 13.9. The molecule has 1 aromatic heterocycles. The Morgan fingerprint density at radius 3 is 2.58 bits per heavy atom. The highest BCUT2D eigenvalue weighted by Gasteiger charge is 2.34. The molecule has 12 heteroatoms. The van der Waals surface area contributed by atoms with Crippen LogP contribution in [-0.2, 0) is 13.2 Å². The van der Waals surface area contributed by atoms with Crippen LogP contribution >= 0.6 is 23.2 Å². The van der Waals surface area contributed by atoms with Crippen molar-refractivity contribution in [2.24, 2.45) is 0 Å². The van der Waals surface area contributed by atoms with E-state index in [2.05, 4.69) is 36.9 Å². The van der Waals surface area contributed by atoms with Crippen LogP contribution in [0.1, 0.15) is 47.8 Å². The Bertz CT molecular complexity index is 1110. The van der Waals surface area contributed by atoms with Gasteiger partial charge in [0.15, 0.2) is 22.5 Å². The van der Waals surface area contributed by atoms with Gasteiger partial charge < -0.3 is 26.2 Å². The Hall–Kier alpha value is -2.21. The fourth-order valence-corrected chi connectivity index (χ4v) is 5.93. The summed E-state index contributed by atoms with van der Waals surface area (Å²) in [7, 11) is 0. The highest BCUT2D eigenvalue weighted by Crippen LogP contribution is 2.30. The third-order valence-corrected chi connectivity index (χ3v) is 8.02. The fourth-order valence-electron chi connectivity index (χ4n) is 5.49. The lowest BCUT2D eigenvalue weighted by Crippen LogP contribution is -2.58. The van der Waals surface area contributed by atoms with Crippen LogP contribution in [0.5, 0.6) is 0 Å². The number of nitrogens with two attached hydrogens (primary N) is 1. The second-order valence-corrected chi connectivity index (χ2v) is 10.7. The molecule has 0 spiro atoms. The van der Waals surface area contributed by atoms with Crippen LogP contribution in [0.15, 0.2) is 18.2 Å². The molecule has 208 valence electrons. The summed E-state index contributed by atoms with van der Waals surface area (Å²) in [5, 5.41) is 22.0. The number of nitrogens with zero attached hydrogens (tertiary/aromatic N) is 5. The van der Waals surface area contributed by atoms with Gasteiger partial charge in [-0.3, -0.25) is 14.6 Å². The van der Waals surface area contributed by atoms with Crippen molar-refractivity contribution in [2.75, 3.05) is 56.5 Å². The van der Waals surface area contributed by atoms with Crippen LogP contribution in [0.4, 0.5) is 11.6 Å². The first-order valence-electron chi connectivity index (χ1n) is 13.2. The van der Waals surface area contributed by atoms with Gasteiger partial charge in [0.25, 0.3) is 5.91 Å². The molecule has 0 radical (unpaired) electrons. The Kier molecular flexibility index (Phi) is 10.0. The predicted molar refractivity (Wildman–Crippen MR) is 150 cm³/mol. The molecular formula is C26H37Cl2N7O3. The van der Waals surface area contributed by atoms with Crippen LogP contribution in [0, 0.1) is 0 Å². The lowest BCUT2D eigenvalue weighted by atomic mass is 9.97. The van der Waals surface area contributed by atoms with Crippen molar-refractivity contribution in [2.45, 2.75) is 51.4 Å². The number of benzene rings is 1. The summed E-state index contributed by atoms with van der Waals surface area (Å²) in [4.78, 5) is 28.1. The molecule has 0 saturated carbocycles. The number of amides is 1. The number of halogens is 2. The highest BCUT2D eigenvalue weighted by atomic mass is 35.5. The minimum Gasteiger partial charge on any atom is -0.395 e. The normalized spacial score (nSPS) is 19.6. The van der Waals surface area contributed by atoms with Gasteiger partial charge in [0.1, 0.15) is 0 Å². The molecule has 38 heavy (non-hydrogen) atoms. The summed E-state index contributed by atoms with van der Waals surface area (Å²) in [5.41, 5.74) is 8.04. The molecule has 4 rings (SSSR count). The van der Waals surface area contributed by atoms with Gasteiger partial charge in [-0.1, -0.05) is 36.2 Å². The number of piperazine rings is 1. The summed E-state index contributed by atoms with van der Waals surface area (Å²) >= 11 is 12.6. The van der Waals surface area contributed by atoms with Crippen LogP contribution < -0.4 is 16.0 Å². The minimum atomic E-state index is -0.510. The number of nitrogens with one attached hydrogen (secondary N) is 1. The lowest BCUT2D eigenvalue weighted by molar-refractivity contribution is 0.0608. The van der Waals surface area contributed by atoms with Gasteiger partial charge in [0, 0.05) is 49.8 Å². The van der Waals surface area contributed by atoms with E-state index in [1.165, 1.54) is 0 Å². The zero-order valence-electron chi connectivity index (χ0n) is 21.7. The number of aliphatic hydroxyl groups excluding tert-OH is 2. The summed E-state index contributed by atoms with van der Waals surface area (Å²) in [6.07, 6.45) is 3.16. The molecule has 2 fully saturated rings. The molecule has 10 nitrogen and oxygen atoms in total. The SMILES string of the molecule is CC[C@H]1CN(c2nc(N)c(C(=O)NCCO)nc2Cl)CCN1C1CCN(Cc2ccc(Cl)cc2CO)CC1. The van der Waals surface area contributed by atoms with Crippen molar-refractivity contribution in [1.82, 2.24) is 25.1 Å². The minimum absolute atomic E-state index is 0.00546. The van der Waals surface area contributed by atoms with Gasteiger partial charge in [-0.15, -0.1) is 0 Å². The van der Waals surface area contributed by atoms with E-state index in [4.69, 9.17) is 34.0 Å². The predicted octanol–water partition coefficient (Wildman–Crippen LogP) is 2.15. The topological polar surface area (TPSA) is 131 Å². The van der Waals surface area contributed by atoms with E-state index in [1.54, 1.807) is 0 Å². The molecule has 0 aliphatic carbocycles. The van der Waals surface area contributed by atoms with Crippen molar-refractivity contribution >= 4 is 40.7 Å². The second kappa shape index (κ2) is 13.2. The van der Waals surface area contributed by atoms with Gasteiger partial charge in [-0.05, 0) is 55.6 Å². The Balaban J connectivity index is 1.36. The van der Waals surface area contributed by atoms with Crippen molar-refractivity contribution in [3.8, 4) is 0 Å². The third kappa shape index (κ3) is 6.67. The van der Waals surface area contributed by atoms with Crippen LogP contribution in [0.25, 0.3) is 0 Å². The molecule has 0 bridgehead atoms. The lowest BCUT2D eigenvalue weighted by Gasteiger charge is -2.47. The van der Waals surface area contributed by atoms with Crippen LogP contribution in [0.2, 0.25) is 10.2 Å². The smallest absolute Gasteiger partial charge is 0.273 e. The van der Waals surface area contributed by atoms with Crippen LogP contribution in [-0.4, -0.2) is 93.8 Å². The molecule has 1 atom stereocenters. The maximum Gasteiger partial charge on any atom is 0.273 e. The molecule has 2 aliphatic rings. The average Bonchev–Trinajstić information content (AvgIpc) is 2.93. The molecule has 1 amide bonds. The summed E-state index contributed by atoms with van der Waals surface area (Å²) in [5.74, 6) is 0.00919. The average molecular weight is 567 g/mol. The number of hydrogen-bond donors (Lipinski definition) is 4. The van der Waals surface area contributed by atoms with Crippen LogP contribution in [0.3, 0.4) is 0 Å². The van der Waals surface area contributed by atoms with E-state index in [9.17, 15) is 9.90 Å². The number of carbonyl (C=O) groups is 1. The first kappa shape index (κ1) is 28.8. The zero-order chi connectivity index (χ0) is 27.2. The molecule has 0 unspecified atom stereocenters. The number of anilines is 2. The summed E-state index contributed by atoms with van der Waals surface area (Å²) < 4.78 is 0. The van der Waals surface area contributed by atoms with Crippen molar-refractivity contribution in [3.05, 3.63) is 45.2 Å². The number of carbonyl (C=O) groups excluding carboxylic acids is 1. The number of aromatic nitrogens is 2. The number of likely N-dealkylation sites (tertiary alicyclic amines) is 1. The van der Waals surface area contributed by atoms with Crippen molar-refractivity contribution in [1.29, 1.82) is 0 Å². The second-order valence-electron chi connectivity index (χ2n) is 9.88. The van der Waals surface area contributed by atoms with E-state index in [0.717, 1.165) is 69.7 Å². The zero-order valence-corrected chi connectivity index (χ0v) is 23.3. The molecule has 2 saturated heterocycles. The van der Waals surface area contributed by atoms with E-state index >= 15 is 0 Å². The molecule has 1 aromatic carbocycles. The number of hydrogen-bond acceptors (Lipinski definition) is 9. The Labute approximate surface area is 233 Å². The number of rotatable bonds is 9. The van der Waals surface area contributed by atoms with Gasteiger partial charge >= 0.3 is 0 Å². The maximum absolute atomic E-state index is 12.2. The van der Waals surface area contributed by atoms with Gasteiger partial charge in [0.05, 0.1) is 13.2 Å². The Morgan fingerprint density at radius 1 is 1.13 bits per heavy atom. The molecule has 2 aliphatic heterocycles. The number of aliphatic hydroxyl groups is 2. The quantitative estimate of drug-likeness (QED) is 0.361. The monoisotopic (exact) mass is 565 g/mol. The van der Waals surface area contributed by atoms with E-state index in [-0.39, 0.29) is 36.4 Å². The fraction of sp³-hybridized carbons (Fsp3) is 0.577. The first-order chi connectivity index (χ1) is 18.3. The standard InChI is InChI=1S/C26H37Cl2N7O3/c1-2-20-15-34(25-23(28)31-22(24(29)32-25)26(38)30-7-12-36)10-11-35(20)21-5-8-33(9-6-21)14-17-3-4-19(27)13-18(17)16-37/h3-4,13,20-21,36-37H,2,5-12,14-16H2,1H3,(H2,29,32)(H,30,38)/t20-/m0/s1. The molecular weight excluding hydrogens is 529 g/mol. The maximum atomic E-state index is 12.2. The van der Waals surface area contributed by atoms with Gasteiger partial charge in [-0.2, -0.15) is 0 Å². The van der Waals surface area contributed by atoms with Crippen molar-refractivity contribution < 1.29 is 15.0 Å². The van der Waals surface area contributed by atoms with E-state index in [1.807, 2.05) is 18.2 Å². The van der Waals surface area contributed by atoms with E-state index in [0.29, 0.717) is 22.9 Å².